The van der Waals surface area contributed by atoms with E-state index in [1.54, 1.807) is 13.1 Å². The zero-order valence-corrected chi connectivity index (χ0v) is 23.9. The van der Waals surface area contributed by atoms with Gasteiger partial charge < -0.3 is 4.74 Å². The Morgan fingerprint density at radius 1 is 1.16 bits per heavy atom. The lowest BCUT2D eigenvalue weighted by Gasteiger charge is -2.47. The van der Waals surface area contributed by atoms with Crippen molar-refractivity contribution in [3.05, 3.63) is 54.0 Å². The molecule has 7 nitrogen and oxygen atoms in total. The Kier molecular flexibility index (Phi) is 7.80. The summed E-state index contributed by atoms with van der Waals surface area (Å²) in [6.07, 6.45) is 7.87. The molecule has 3 aromatic rings. The summed E-state index contributed by atoms with van der Waals surface area (Å²) in [6.45, 7) is 6.46. The Morgan fingerprint density at radius 3 is 2.58 bits per heavy atom. The van der Waals surface area contributed by atoms with Crippen LogP contribution >= 0.6 is 15.9 Å². The summed E-state index contributed by atoms with van der Waals surface area (Å²) >= 11 is 3.53. The molecule has 1 aromatic carbocycles. The highest BCUT2D eigenvalue weighted by Crippen LogP contribution is 2.49. The minimum Gasteiger partial charge on any atom is -0.464 e. The van der Waals surface area contributed by atoms with Crippen molar-refractivity contribution in [1.82, 2.24) is 14.5 Å². The fraction of sp³-hybridized carbons (Fsp3) is 0.500. The summed E-state index contributed by atoms with van der Waals surface area (Å²) in [4.78, 5) is 39.8. The van der Waals surface area contributed by atoms with Gasteiger partial charge in [0.25, 0.3) is 0 Å². The second-order valence-electron chi connectivity index (χ2n) is 10.8. The average molecular weight is 580 g/mol. The van der Waals surface area contributed by atoms with Crippen LogP contribution in [-0.2, 0) is 27.2 Å². The van der Waals surface area contributed by atoms with Crippen molar-refractivity contribution in [3.63, 3.8) is 0 Å². The molecule has 0 aliphatic heterocycles. The number of hydrogen-bond donors (Lipinski definition) is 0. The molecule has 2 heterocycles. The van der Waals surface area contributed by atoms with E-state index < -0.39 is 16.3 Å². The molecule has 2 saturated carbocycles. The number of fused-ring (bicyclic) bond motifs is 1. The number of halogens is 1. The first-order valence-corrected chi connectivity index (χ1v) is 14.6. The lowest BCUT2D eigenvalue weighted by Crippen LogP contribution is -2.61. The number of esters is 1. The number of benzene rings is 1. The summed E-state index contributed by atoms with van der Waals surface area (Å²) in [5.41, 5.74) is 4.00. The van der Waals surface area contributed by atoms with Crippen molar-refractivity contribution >= 4 is 44.6 Å². The number of carbonyl (C=O) groups is 2. The number of Topliss-reactive ketones (excluding diaryl/α,β-unsaturated/α-hetero) is 1. The number of imidazole rings is 1. The van der Waals surface area contributed by atoms with Gasteiger partial charge in [-0.3, -0.25) is 14.4 Å². The molecule has 0 bridgehead atoms. The number of rotatable bonds is 8. The third-order valence-corrected chi connectivity index (χ3v) is 8.54. The number of hydrogen-bond acceptors (Lipinski definition) is 6. The molecule has 2 aliphatic carbocycles. The van der Waals surface area contributed by atoms with Crippen LogP contribution in [0.2, 0.25) is 0 Å². The quantitative estimate of drug-likeness (QED) is 0.248. The third kappa shape index (κ3) is 4.95. The number of pyridine rings is 1. The minimum absolute atomic E-state index is 0.210. The van der Waals surface area contributed by atoms with Crippen LogP contribution in [0, 0.1) is 11.3 Å². The Bertz CT molecular complexity index is 1360. The van der Waals surface area contributed by atoms with Crippen LogP contribution in [-0.4, -0.2) is 49.5 Å². The lowest BCUT2D eigenvalue weighted by molar-refractivity contribution is -0.144. The first-order chi connectivity index (χ1) is 18.3. The molecule has 0 radical (unpaired) electrons. The van der Waals surface area contributed by atoms with E-state index in [2.05, 4.69) is 39.3 Å². The maximum absolute atomic E-state index is 13.0. The highest BCUT2D eigenvalue weighted by atomic mass is 79.9. The first kappa shape index (κ1) is 26.7. The second kappa shape index (κ2) is 11.1. The van der Waals surface area contributed by atoms with E-state index in [0.717, 1.165) is 72.5 Å². The minimum atomic E-state index is -0.685. The maximum atomic E-state index is 13.0. The highest BCUT2D eigenvalue weighted by molar-refractivity contribution is 9.10. The van der Waals surface area contributed by atoms with Gasteiger partial charge in [0, 0.05) is 30.4 Å². The predicted molar refractivity (Wildman–Crippen MR) is 152 cm³/mol. The fourth-order valence-corrected chi connectivity index (χ4v) is 6.82. The van der Waals surface area contributed by atoms with Gasteiger partial charge in [0.05, 0.1) is 12.0 Å². The molecule has 1 unspecified atom stereocenters. The van der Waals surface area contributed by atoms with Crippen LogP contribution in [0.3, 0.4) is 0 Å². The Balaban J connectivity index is 1.44. The number of ether oxygens (including phenoxy) is 1. The number of aliphatic imine (C=N–C) groups is 1. The van der Waals surface area contributed by atoms with Crippen molar-refractivity contribution in [2.75, 3.05) is 6.61 Å². The summed E-state index contributed by atoms with van der Waals surface area (Å²) in [7, 11) is 0. The van der Waals surface area contributed by atoms with Gasteiger partial charge in [-0.1, -0.05) is 61.2 Å². The molecule has 38 heavy (non-hydrogen) atoms. The molecule has 200 valence electrons. The topological polar surface area (TPSA) is 86.4 Å². The predicted octanol–water partition coefficient (Wildman–Crippen LogP) is 5.83. The van der Waals surface area contributed by atoms with Gasteiger partial charge in [-0.15, -0.1) is 0 Å². The van der Waals surface area contributed by atoms with Crippen LogP contribution in [0.25, 0.3) is 16.9 Å². The normalized spacial score (nSPS) is 20.7. The van der Waals surface area contributed by atoms with E-state index in [4.69, 9.17) is 14.7 Å². The number of carbonyl (C=O) groups excluding carboxylic acids is 2. The highest BCUT2D eigenvalue weighted by Gasteiger charge is 2.58. The van der Waals surface area contributed by atoms with Gasteiger partial charge in [0.15, 0.2) is 17.5 Å². The van der Waals surface area contributed by atoms with Crippen LogP contribution in [0.15, 0.2) is 47.6 Å². The van der Waals surface area contributed by atoms with Gasteiger partial charge in [-0.25, -0.2) is 14.8 Å². The standard InChI is InChI=1S/C30H35BrN4O3/c1-4-38-29(37)23(34-26-25(31)27(36)30(26)14-6-5-7-15-30)18-20-10-12-21(13-11-20)35-24(17-19(2)3)33-22-9-8-16-32-28(22)35/h8-13,16,19,23,25H,4-7,14-15,17-18H2,1-3H3/t23-,25?/m0/s1. The average Bonchev–Trinajstić information content (AvgIpc) is 3.28. The van der Waals surface area contributed by atoms with Crippen molar-refractivity contribution in [1.29, 1.82) is 0 Å². The monoisotopic (exact) mass is 578 g/mol. The molecule has 0 N–H and O–H groups in total. The van der Waals surface area contributed by atoms with Crippen molar-refractivity contribution in [2.24, 2.45) is 16.3 Å². The molecule has 2 aliphatic rings. The summed E-state index contributed by atoms with van der Waals surface area (Å²) in [5, 5.41) is 0. The zero-order chi connectivity index (χ0) is 26.9. The maximum Gasteiger partial charge on any atom is 0.331 e. The molecule has 2 aromatic heterocycles. The first-order valence-electron chi connectivity index (χ1n) is 13.7. The fourth-order valence-electron chi connectivity index (χ4n) is 5.83. The second-order valence-corrected chi connectivity index (χ2v) is 11.7. The van der Waals surface area contributed by atoms with E-state index in [1.807, 2.05) is 36.4 Å². The summed E-state index contributed by atoms with van der Waals surface area (Å²) in [6, 6.07) is 11.4. The number of alkyl halides is 1. The lowest BCUT2D eigenvalue weighted by atomic mass is 9.58. The summed E-state index contributed by atoms with van der Waals surface area (Å²) < 4.78 is 7.52. The molecule has 8 heteroatoms. The van der Waals surface area contributed by atoms with Crippen LogP contribution < -0.4 is 0 Å². The van der Waals surface area contributed by atoms with Crippen molar-refractivity contribution < 1.29 is 14.3 Å². The molecule has 0 amide bonds. The van der Waals surface area contributed by atoms with Crippen LogP contribution in [0.4, 0.5) is 0 Å². The smallest absolute Gasteiger partial charge is 0.331 e. The van der Waals surface area contributed by atoms with Gasteiger partial charge in [-0.05, 0) is 55.5 Å². The number of nitrogens with zero attached hydrogens (tertiary/aromatic N) is 4. The van der Waals surface area contributed by atoms with E-state index in [1.165, 1.54) is 0 Å². The van der Waals surface area contributed by atoms with Gasteiger partial charge >= 0.3 is 5.97 Å². The largest absolute Gasteiger partial charge is 0.464 e. The van der Waals surface area contributed by atoms with Gasteiger partial charge in [0.2, 0.25) is 0 Å². The molecular weight excluding hydrogens is 544 g/mol. The third-order valence-electron chi connectivity index (χ3n) is 7.69. The molecule has 1 spiro atoms. The SMILES string of the molecule is CCOC(=O)[C@H](Cc1ccc(-n2c(CC(C)C)nc3cccnc32)cc1)N=C1C(Br)C(=O)C12CCCCC2. The molecule has 2 fully saturated rings. The Labute approximate surface area is 232 Å². The number of ketones is 1. The van der Waals surface area contributed by atoms with E-state index >= 15 is 0 Å². The molecule has 5 rings (SSSR count). The van der Waals surface area contributed by atoms with Crippen molar-refractivity contribution in [2.45, 2.75) is 76.6 Å². The van der Waals surface area contributed by atoms with Crippen LogP contribution in [0.5, 0.6) is 0 Å². The van der Waals surface area contributed by atoms with Crippen molar-refractivity contribution in [3.8, 4) is 5.69 Å². The zero-order valence-electron chi connectivity index (χ0n) is 22.3. The molecular formula is C30H35BrN4O3. The number of aromatic nitrogens is 3. The van der Waals surface area contributed by atoms with E-state index in [0.29, 0.717) is 18.9 Å². The summed E-state index contributed by atoms with van der Waals surface area (Å²) in [5.74, 6) is 1.30. The Hall–Kier alpha value is -2.87. The van der Waals surface area contributed by atoms with Gasteiger partial charge in [-0.2, -0.15) is 0 Å². The van der Waals surface area contributed by atoms with E-state index in [-0.39, 0.29) is 11.8 Å². The van der Waals surface area contributed by atoms with Crippen LogP contribution in [0.1, 0.15) is 64.3 Å². The molecule has 2 atom stereocenters. The van der Waals surface area contributed by atoms with Gasteiger partial charge in [0.1, 0.15) is 16.2 Å². The Morgan fingerprint density at radius 2 is 1.89 bits per heavy atom. The van der Waals surface area contributed by atoms with E-state index in [9.17, 15) is 9.59 Å². The molecule has 0 saturated heterocycles.